The number of ether oxygens (including phenoxy) is 1. The summed E-state index contributed by atoms with van der Waals surface area (Å²) in [5, 5.41) is 7.20. The standard InChI is InChI=1S/C32H40N4O/c1-6-34(7-2)28-16-11-25(12-17-28)10-15-27-24-32(26-13-18-29(19-14-26)35(8-3)9-4)36(33-27)30-20-22-31(37-5)23-21-30/h10-23,32H,6-9,24H2,1-5H3. The molecule has 5 heteroatoms. The van der Waals surface area contributed by atoms with Gasteiger partial charge in [0.05, 0.1) is 24.6 Å². The Balaban J connectivity index is 1.58. The molecule has 5 nitrogen and oxygen atoms in total. The summed E-state index contributed by atoms with van der Waals surface area (Å²) >= 11 is 0. The van der Waals surface area contributed by atoms with Crippen LogP contribution in [0.25, 0.3) is 6.08 Å². The average Bonchev–Trinajstić information content (AvgIpc) is 3.38. The van der Waals surface area contributed by atoms with Crippen molar-refractivity contribution >= 4 is 28.8 Å². The molecular weight excluding hydrogens is 456 g/mol. The number of allylic oxidation sites excluding steroid dienone is 1. The zero-order valence-electron chi connectivity index (χ0n) is 22.9. The van der Waals surface area contributed by atoms with E-state index in [0.717, 1.165) is 49.7 Å². The van der Waals surface area contributed by atoms with E-state index in [1.807, 2.05) is 12.1 Å². The minimum absolute atomic E-state index is 0.142. The first-order valence-corrected chi connectivity index (χ1v) is 13.5. The van der Waals surface area contributed by atoms with Crippen molar-refractivity contribution in [2.75, 3.05) is 48.1 Å². The molecule has 0 spiro atoms. The largest absolute Gasteiger partial charge is 0.497 e. The van der Waals surface area contributed by atoms with E-state index in [9.17, 15) is 0 Å². The average molecular weight is 497 g/mol. The van der Waals surface area contributed by atoms with E-state index in [4.69, 9.17) is 9.84 Å². The molecule has 1 aliphatic heterocycles. The monoisotopic (exact) mass is 496 g/mol. The van der Waals surface area contributed by atoms with Crippen molar-refractivity contribution in [3.05, 3.63) is 90.0 Å². The Hall–Kier alpha value is -3.73. The second-order valence-corrected chi connectivity index (χ2v) is 9.21. The van der Waals surface area contributed by atoms with E-state index in [1.54, 1.807) is 7.11 Å². The lowest BCUT2D eigenvalue weighted by atomic mass is 10.00. The summed E-state index contributed by atoms with van der Waals surface area (Å²) in [4.78, 5) is 4.73. The van der Waals surface area contributed by atoms with Crippen LogP contribution in [-0.4, -0.2) is 39.0 Å². The minimum atomic E-state index is 0.142. The van der Waals surface area contributed by atoms with Gasteiger partial charge in [-0.15, -0.1) is 0 Å². The molecule has 1 heterocycles. The minimum Gasteiger partial charge on any atom is -0.497 e. The maximum atomic E-state index is 5.37. The lowest BCUT2D eigenvalue weighted by Gasteiger charge is -2.26. The van der Waals surface area contributed by atoms with Crippen molar-refractivity contribution < 1.29 is 4.74 Å². The second-order valence-electron chi connectivity index (χ2n) is 9.21. The van der Waals surface area contributed by atoms with E-state index in [-0.39, 0.29) is 6.04 Å². The molecular formula is C32H40N4O. The molecule has 0 saturated heterocycles. The molecule has 4 rings (SSSR count). The predicted octanol–water partition coefficient (Wildman–Crippen LogP) is 7.41. The molecule has 194 valence electrons. The van der Waals surface area contributed by atoms with Gasteiger partial charge >= 0.3 is 0 Å². The van der Waals surface area contributed by atoms with Gasteiger partial charge < -0.3 is 14.5 Å². The van der Waals surface area contributed by atoms with Crippen LogP contribution in [0.1, 0.15) is 51.3 Å². The van der Waals surface area contributed by atoms with Gasteiger partial charge in [-0.05, 0) is 93.4 Å². The van der Waals surface area contributed by atoms with Crippen LogP contribution in [0, 0.1) is 0 Å². The molecule has 0 radical (unpaired) electrons. The number of rotatable bonds is 11. The quantitative estimate of drug-likeness (QED) is 0.277. The molecule has 1 atom stereocenters. The van der Waals surface area contributed by atoms with Crippen LogP contribution in [0.15, 0.2) is 84.0 Å². The summed E-state index contributed by atoms with van der Waals surface area (Å²) in [6.07, 6.45) is 5.18. The fraction of sp³-hybridized carbons (Fsp3) is 0.344. The maximum Gasteiger partial charge on any atom is 0.119 e. The molecule has 0 amide bonds. The summed E-state index contributed by atoms with van der Waals surface area (Å²) in [6, 6.07) is 26.0. The Morgan fingerprint density at radius 2 is 1.30 bits per heavy atom. The summed E-state index contributed by atoms with van der Waals surface area (Å²) in [7, 11) is 1.70. The van der Waals surface area contributed by atoms with Crippen molar-refractivity contribution in [2.45, 2.75) is 40.2 Å². The van der Waals surface area contributed by atoms with Gasteiger partial charge in [0.25, 0.3) is 0 Å². The highest BCUT2D eigenvalue weighted by Crippen LogP contribution is 2.37. The zero-order chi connectivity index (χ0) is 26.2. The van der Waals surface area contributed by atoms with Crippen LogP contribution >= 0.6 is 0 Å². The van der Waals surface area contributed by atoms with Crippen LogP contribution in [0.3, 0.4) is 0 Å². The number of methoxy groups -OCH3 is 1. The van der Waals surface area contributed by atoms with Crippen molar-refractivity contribution in [1.82, 2.24) is 0 Å². The molecule has 0 N–H and O–H groups in total. The highest BCUT2D eigenvalue weighted by molar-refractivity contribution is 6.01. The molecule has 0 fully saturated rings. The van der Waals surface area contributed by atoms with E-state index >= 15 is 0 Å². The highest BCUT2D eigenvalue weighted by atomic mass is 16.5. The van der Waals surface area contributed by atoms with Gasteiger partial charge in [0.1, 0.15) is 5.75 Å². The van der Waals surface area contributed by atoms with Crippen LogP contribution in [0.4, 0.5) is 17.1 Å². The van der Waals surface area contributed by atoms with Crippen molar-refractivity contribution in [3.8, 4) is 5.75 Å². The molecule has 1 unspecified atom stereocenters. The van der Waals surface area contributed by atoms with Crippen molar-refractivity contribution in [3.63, 3.8) is 0 Å². The van der Waals surface area contributed by atoms with E-state index < -0.39 is 0 Å². The first-order valence-electron chi connectivity index (χ1n) is 13.5. The first-order chi connectivity index (χ1) is 18.1. The van der Waals surface area contributed by atoms with Crippen LogP contribution in [0.2, 0.25) is 0 Å². The zero-order valence-corrected chi connectivity index (χ0v) is 22.9. The molecule has 0 bridgehead atoms. The third-order valence-electron chi connectivity index (χ3n) is 7.17. The van der Waals surface area contributed by atoms with Gasteiger partial charge in [-0.25, -0.2) is 0 Å². The Morgan fingerprint density at radius 1 is 0.757 bits per heavy atom. The molecule has 0 saturated carbocycles. The highest BCUT2D eigenvalue weighted by Gasteiger charge is 2.28. The van der Waals surface area contributed by atoms with Gasteiger partial charge in [-0.2, -0.15) is 5.10 Å². The molecule has 3 aromatic rings. The summed E-state index contributed by atoms with van der Waals surface area (Å²) in [5.41, 5.74) is 7.10. The van der Waals surface area contributed by atoms with Gasteiger partial charge in [-0.3, -0.25) is 5.01 Å². The molecule has 37 heavy (non-hydrogen) atoms. The predicted molar refractivity (Wildman–Crippen MR) is 159 cm³/mol. The van der Waals surface area contributed by atoms with Crippen molar-refractivity contribution in [1.29, 1.82) is 0 Å². The van der Waals surface area contributed by atoms with Gasteiger partial charge in [0, 0.05) is 44.0 Å². The molecule has 1 aliphatic rings. The van der Waals surface area contributed by atoms with E-state index in [2.05, 4.69) is 115 Å². The van der Waals surface area contributed by atoms with Crippen molar-refractivity contribution in [2.24, 2.45) is 5.10 Å². The molecule has 0 aromatic heterocycles. The fourth-order valence-corrected chi connectivity index (χ4v) is 4.94. The third-order valence-corrected chi connectivity index (χ3v) is 7.17. The Bertz CT molecular complexity index is 1170. The SMILES string of the molecule is CCN(CC)c1ccc(C=CC2=NN(c3ccc(OC)cc3)C(c3ccc(N(CC)CC)cc3)C2)cc1. The Morgan fingerprint density at radius 3 is 1.81 bits per heavy atom. The first kappa shape index (κ1) is 26.3. The van der Waals surface area contributed by atoms with Crippen LogP contribution in [0.5, 0.6) is 5.75 Å². The fourth-order valence-electron chi connectivity index (χ4n) is 4.94. The summed E-state index contributed by atoms with van der Waals surface area (Å²) in [6.45, 7) is 12.8. The smallest absolute Gasteiger partial charge is 0.119 e. The maximum absolute atomic E-state index is 5.37. The third kappa shape index (κ3) is 6.16. The Labute approximate surface area is 222 Å². The topological polar surface area (TPSA) is 31.3 Å². The number of hydrazone groups is 1. The normalized spacial score (nSPS) is 15.2. The summed E-state index contributed by atoms with van der Waals surface area (Å²) in [5.74, 6) is 0.848. The van der Waals surface area contributed by atoms with E-state index in [1.165, 1.54) is 22.5 Å². The number of nitrogens with zero attached hydrogens (tertiary/aromatic N) is 4. The summed E-state index contributed by atoms with van der Waals surface area (Å²) < 4.78 is 5.37. The van der Waals surface area contributed by atoms with Gasteiger partial charge in [0.2, 0.25) is 0 Å². The number of hydrogen-bond donors (Lipinski definition) is 0. The van der Waals surface area contributed by atoms with Crippen LogP contribution in [-0.2, 0) is 0 Å². The second kappa shape index (κ2) is 12.5. The lowest BCUT2D eigenvalue weighted by molar-refractivity contribution is 0.415. The molecule has 3 aromatic carbocycles. The van der Waals surface area contributed by atoms with Gasteiger partial charge in [-0.1, -0.05) is 30.3 Å². The number of benzene rings is 3. The van der Waals surface area contributed by atoms with Crippen LogP contribution < -0.4 is 19.5 Å². The Kier molecular flexibility index (Phi) is 8.89. The number of anilines is 3. The number of hydrogen-bond acceptors (Lipinski definition) is 5. The van der Waals surface area contributed by atoms with Gasteiger partial charge in [0.15, 0.2) is 0 Å². The van der Waals surface area contributed by atoms with E-state index in [0.29, 0.717) is 0 Å². The molecule has 0 aliphatic carbocycles. The lowest BCUT2D eigenvalue weighted by Crippen LogP contribution is -2.22.